The molecule has 5 aromatic carbocycles. The van der Waals surface area contributed by atoms with Gasteiger partial charge in [0.25, 0.3) is 0 Å². The molecule has 0 amide bonds. The molecule has 10 rings (SSSR count). The maximum Gasteiger partial charge on any atom is 0.0705 e. The molecule has 0 N–H and O–H groups in total. The minimum atomic E-state index is 0.960. The standard InChI is InChI=1S/C46H32N2/c1-3-11-35-31(8-1)25-43-39(35)14-6-16-41(43)45-22-19-33(27-47-45)29-18-21-38-30(24-29)10-5-13-37(38)34-20-23-46(48-28-34)42-17-7-15-40-36-12-4-2-9-32(36)26-44(40)42/h1-3,5-11,13-24,27-28H,4,12,25-26H2. The number of hydrogen-bond acceptors (Lipinski definition) is 2. The summed E-state index contributed by atoms with van der Waals surface area (Å²) in [5, 5.41) is 2.44. The summed E-state index contributed by atoms with van der Waals surface area (Å²) in [6.07, 6.45) is 12.9. The van der Waals surface area contributed by atoms with Crippen molar-refractivity contribution < 1.29 is 0 Å². The molecule has 0 bridgehead atoms. The summed E-state index contributed by atoms with van der Waals surface area (Å²) < 4.78 is 0. The molecule has 0 fully saturated rings. The van der Waals surface area contributed by atoms with Crippen LogP contribution >= 0.6 is 0 Å². The van der Waals surface area contributed by atoms with Crippen LogP contribution in [0.2, 0.25) is 0 Å². The van der Waals surface area contributed by atoms with Crippen LogP contribution in [0.1, 0.15) is 35.1 Å². The van der Waals surface area contributed by atoms with Crippen LogP contribution in [0.15, 0.2) is 151 Å². The normalized spacial score (nSPS) is 14.2. The third kappa shape index (κ3) is 4.33. The van der Waals surface area contributed by atoms with E-state index in [1.807, 2.05) is 12.4 Å². The molecule has 2 heteroatoms. The summed E-state index contributed by atoms with van der Waals surface area (Å²) in [6.45, 7) is 0. The van der Waals surface area contributed by atoms with Crippen LogP contribution in [0, 0.1) is 0 Å². The van der Waals surface area contributed by atoms with Crippen LogP contribution < -0.4 is 0 Å². The van der Waals surface area contributed by atoms with Crippen LogP contribution in [0.5, 0.6) is 0 Å². The molecule has 0 unspecified atom stereocenters. The van der Waals surface area contributed by atoms with Gasteiger partial charge in [-0.05, 0) is 110 Å². The highest BCUT2D eigenvalue weighted by atomic mass is 14.7. The summed E-state index contributed by atoms with van der Waals surface area (Å²) in [5.74, 6) is 0. The van der Waals surface area contributed by atoms with Gasteiger partial charge in [-0.25, -0.2) is 0 Å². The lowest BCUT2D eigenvalue weighted by atomic mass is 9.94. The molecule has 7 aromatic rings. The number of nitrogens with zero attached hydrogens (tertiary/aromatic N) is 2. The molecule has 0 aliphatic heterocycles. The van der Waals surface area contributed by atoms with E-state index in [2.05, 4.69) is 133 Å². The van der Waals surface area contributed by atoms with E-state index in [1.54, 1.807) is 0 Å². The van der Waals surface area contributed by atoms with E-state index in [1.165, 1.54) is 77.6 Å². The van der Waals surface area contributed by atoms with Gasteiger partial charge in [0.1, 0.15) is 0 Å². The number of allylic oxidation sites excluding steroid dienone is 4. The Balaban J connectivity index is 0.937. The first-order chi connectivity index (χ1) is 23.8. The zero-order chi connectivity index (χ0) is 31.6. The van der Waals surface area contributed by atoms with E-state index in [9.17, 15) is 0 Å². The summed E-state index contributed by atoms with van der Waals surface area (Å²) in [7, 11) is 0. The van der Waals surface area contributed by atoms with Crippen LogP contribution in [-0.4, -0.2) is 9.97 Å². The van der Waals surface area contributed by atoms with Crippen molar-refractivity contribution in [2.45, 2.75) is 25.7 Å². The quantitative estimate of drug-likeness (QED) is 0.198. The molecule has 48 heavy (non-hydrogen) atoms. The van der Waals surface area contributed by atoms with E-state index in [0.29, 0.717) is 0 Å². The number of fused-ring (bicyclic) bond motifs is 6. The number of rotatable bonds is 4. The van der Waals surface area contributed by atoms with E-state index in [0.717, 1.165) is 48.2 Å². The Labute approximate surface area is 280 Å². The maximum absolute atomic E-state index is 5.01. The first-order valence-corrected chi connectivity index (χ1v) is 17.0. The number of hydrogen-bond donors (Lipinski definition) is 0. The minimum absolute atomic E-state index is 0.960. The van der Waals surface area contributed by atoms with Gasteiger partial charge in [0.05, 0.1) is 11.4 Å². The molecule has 0 saturated carbocycles. The van der Waals surface area contributed by atoms with Crippen molar-refractivity contribution in [2.75, 3.05) is 0 Å². The second-order valence-corrected chi connectivity index (χ2v) is 13.2. The zero-order valence-corrected chi connectivity index (χ0v) is 26.6. The molecular formula is C46H32N2. The van der Waals surface area contributed by atoms with Crippen LogP contribution in [0.4, 0.5) is 0 Å². The highest BCUT2D eigenvalue weighted by Crippen LogP contribution is 2.44. The Morgan fingerprint density at radius 3 is 1.96 bits per heavy atom. The Bertz CT molecular complexity index is 2480. The number of aromatic nitrogens is 2. The monoisotopic (exact) mass is 612 g/mol. The fourth-order valence-corrected chi connectivity index (χ4v) is 8.23. The fourth-order valence-electron chi connectivity index (χ4n) is 8.23. The van der Waals surface area contributed by atoms with E-state index >= 15 is 0 Å². The molecule has 3 aliphatic rings. The maximum atomic E-state index is 5.01. The lowest BCUT2D eigenvalue weighted by Gasteiger charge is -2.12. The highest BCUT2D eigenvalue weighted by Gasteiger charge is 2.25. The van der Waals surface area contributed by atoms with Crippen molar-refractivity contribution in [1.29, 1.82) is 0 Å². The average Bonchev–Trinajstić information content (AvgIpc) is 3.73. The number of benzene rings is 5. The molecule has 0 saturated heterocycles. The van der Waals surface area contributed by atoms with Crippen molar-refractivity contribution in [3.63, 3.8) is 0 Å². The largest absolute Gasteiger partial charge is 0.256 e. The van der Waals surface area contributed by atoms with Crippen molar-refractivity contribution in [3.05, 3.63) is 174 Å². The van der Waals surface area contributed by atoms with Gasteiger partial charge in [-0.3, -0.25) is 9.97 Å². The molecule has 2 heterocycles. The van der Waals surface area contributed by atoms with Gasteiger partial charge in [0, 0.05) is 34.6 Å². The van der Waals surface area contributed by atoms with Crippen LogP contribution in [-0.2, 0) is 12.8 Å². The summed E-state index contributed by atoms with van der Waals surface area (Å²) in [4.78, 5) is 9.99. The van der Waals surface area contributed by atoms with Gasteiger partial charge in [-0.2, -0.15) is 0 Å². The molecule has 3 aliphatic carbocycles. The third-order valence-electron chi connectivity index (χ3n) is 10.6. The molecule has 0 atom stereocenters. The van der Waals surface area contributed by atoms with Crippen LogP contribution in [0.25, 0.3) is 72.2 Å². The average molecular weight is 613 g/mol. The van der Waals surface area contributed by atoms with Gasteiger partial charge in [0.15, 0.2) is 0 Å². The molecule has 2 nitrogen and oxygen atoms in total. The third-order valence-corrected chi connectivity index (χ3v) is 10.6. The van der Waals surface area contributed by atoms with Crippen molar-refractivity contribution in [2.24, 2.45) is 0 Å². The lowest BCUT2D eigenvalue weighted by molar-refractivity contribution is 1.04. The Morgan fingerprint density at radius 1 is 0.479 bits per heavy atom. The summed E-state index contributed by atoms with van der Waals surface area (Å²) in [6, 6.07) is 44.2. The van der Waals surface area contributed by atoms with E-state index < -0.39 is 0 Å². The minimum Gasteiger partial charge on any atom is -0.256 e. The molecule has 2 aromatic heterocycles. The second-order valence-electron chi connectivity index (χ2n) is 13.2. The molecular weight excluding hydrogens is 581 g/mol. The van der Waals surface area contributed by atoms with Crippen molar-refractivity contribution in [3.8, 4) is 55.9 Å². The molecule has 226 valence electrons. The van der Waals surface area contributed by atoms with E-state index in [4.69, 9.17) is 9.97 Å². The second kappa shape index (κ2) is 10.9. The van der Waals surface area contributed by atoms with Gasteiger partial charge >= 0.3 is 0 Å². The first-order valence-electron chi connectivity index (χ1n) is 17.0. The number of pyridine rings is 2. The SMILES string of the molecule is C1=CC2=C(CC1)c1cccc(-c3ccc(-c4cccc5cc(-c6ccc(-c7cccc8c7Cc7ccccc7-8)nc6)ccc45)cn3)c1C2. The summed E-state index contributed by atoms with van der Waals surface area (Å²) >= 11 is 0. The van der Waals surface area contributed by atoms with E-state index in [-0.39, 0.29) is 0 Å². The lowest BCUT2D eigenvalue weighted by Crippen LogP contribution is -1.93. The van der Waals surface area contributed by atoms with Gasteiger partial charge in [-0.1, -0.05) is 115 Å². The Morgan fingerprint density at radius 2 is 1.15 bits per heavy atom. The van der Waals surface area contributed by atoms with Gasteiger partial charge in [-0.15, -0.1) is 0 Å². The zero-order valence-electron chi connectivity index (χ0n) is 26.6. The fraction of sp³-hybridized carbons (Fsp3) is 0.0870. The topological polar surface area (TPSA) is 25.8 Å². The van der Waals surface area contributed by atoms with Gasteiger partial charge in [0.2, 0.25) is 0 Å². The molecule has 0 spiro atoms. The predicted octanol–water partition coefficient (Wildman–Crippen LogP) is 11.5. The highest BCUT2D eigenvalue weighted by molar-refractivity contribution is 5.99. The Kier molecular flexibility index (Phi) is 6.17. The van der Waals surface area contributed by atoms with Crippen LogP contribution in [0.3, 0.4) is 0 Å². The predicted molar refractivity (Wildman–Crippen MR) is 199 cm³/mol. The Hall–Kier alpha value is -5.86. The first kappa shape index (κ1) is 27.3. The van der Waals surface area contributed by atoms with Gasteiger partial charge < -0.3 is 0 Å². The smallest absolute Gasteiger partial charge is 0.0705 e. The van der Waals surface area contributed by atoms with Crippen molar-refractivity contribution in [1.82, 2.24) is 9.97 Å². The summed E-state index contributed by atoms with van der Waals surface area (Å²) in [5.41, 5.74) is 20.5. The molecule has 0 radical (unpaired) electrons. The van der Waals surface area contributed by atoms with Crippen molar-refractivity contribution >= 4 is 16.3 Å².